The molecule has 7 aromatic rings. The van der Waals surface area contributed by atoms with E-state index in [0.717, 1.165) is 66.1 Å². The Balaban J connectivity index is 1.85. The molecule has 0 unspecified atom stereocenters. The molecule has 0 spiro atoms. The minimum absolute atomic E-state index is 0.447. The quantitative estimate of drug-likeness (QED) is 0.208. The molecule has 214 valence electrons. The van der Waals surface area contributed by atoms with E-state index in [1.165, 1.54) is 0 Å². The van der Waals surface area contributed by atoms with Crippen LogP contribution in [0.15, 0.2) is 97.1 Å². The number of rotatable bonds is 2. The van der Waals surface area contributed by atoms with Crippen LogP contribution in [0, 0.1) is 22.7 Å². The molecule has 4 heteroatoms. The Hall–Kier alpha value is -5.32. The lowest BCUT2D eigenvalue weighted by Gasteiger charge is -2.34. The van der Waals surface area contributed by atoms with Gasteiger partial charge in [0, 0.05) is 27.1 Å². The molecule has 0 N–H and O–H groups in total. The summed E-state index contributed by atoms with van der Waals surface area (Å²) in [5.74, 6) is 0. The minimum Gasteiger partial charge on any atom is -0.308 e. The smallest absolute Gasteiger partial charge is 0.102 e. The number of benzene rings is 5. The molecular weight excluding hydrogens is 536 g/mol. The Morgan fingerprint density at radius 1 is 0.432 bits per heavy atom. The lowest BCUT2D eigenvalue weighted by atomic mass is 9.74. The molecule has 4 nitrogen and oxygen atoms in total. The van der Waals surface area contributed by atoms with Crippen molar-refractivity contribution in [3.63, 3.8) is 0 Å². The van der Waals surface area contributed by atoms with Gasteiger partial charge in [0.1, 0.15) is 12.1 Å². The predicted octanol–water partition coefficient (Wildman–Crippen LogP) is 10.2. The highest BCUT2D eigenvalue weighted by Crippen LogP contribution is 2.48. The van der Waals surface area contributed by atoms with Crippen LogP contribution in [0.25, 0.3) is 55.0 Å². The van der Waals surface area contributed by atoms with Crippen molar-refractivity contribution in [2.45, 2.75) is 52.4 Å². The SMILES string of the molecule is CC(C)(C)c1c(C#N)c(-n2c3ccccc3c3ccccc32)c(C(C)(C)C)c(-n2c3ccccc3c3ccccc32)c1C#N. The molecule has 0 saturated heterocycles. The Labute approximate surface area is 258 Å². The highest BCUT2D eigenvalue weighted by Gasteiger charge is 2.37. The van der Waals surface area contributed by atoms with Crippen molar-refractivity contribution in [2.24, 2.45) is 0 Å². The highest BCUT2D eigenvalue weighted by atomic mass is 15.0. The summed E-state index contributed by atoms with van der Waals surface area (Å²) in [6, 6.07) is 38.9. The number of nitrogens with zero attached hydrogens (tertiary/aromatic N) is 4. The van der Waals surface area contributed by atoms with E-state index in [0.29, 0.717) is 11.1 Å². The van der Waals surface area contributed by atoms with E-state index in [9.17, 15) is 10.5 Å². The van der Waals surface area contributed by atoms with Crippen LogP contribution in [0.3, 0.4) is 0 Å². The van der Waals surface area contributed by atoms with E-state index >= 15 is 0 Å². The van der Waals surface area contributed by atoms with Crippen LogP contribution in [0.2, 0.25) is 0 Å². The third kappa shape index (κ3) is 3.81. The summed E-state index contributed by atoms with van der Waals surface area (Å²) < 4.78 is 4.55. The third-order valence-electron chi connectivity index (χ3n) is 8.78. The fourth-order valence-corrected chi connectivity index (χ4v) is 7.18. The number of fused-ring (bicyclic) bond motifs is 6. The van der Waals surface area contributed by atoms with Gasteiger partial charge in [0.05, 0.1) is 44.6 Å². The van der Waals surface area contributed by atoms with Gasteiger partial charge >= 0.3 is 0 Å². The van der Waals surface area contributed by atoms with Gasteiger partial charge in [-0.3, -0.25) is 0 Å². The molecule has 0 bridgehead atoms. The Morgan fingerprint density at radius 3 is 0.955 bits per heavy atom. The standard InChI is InChI=1S/C40H34N4/c1-39(2,3)35-29(23-41)37(43-31-19-11-7-15-25(31)26-16-8-12-20-32(26)43)36(40(4,5)6)38(30(35)24-42)44-33-21-13-9-17-27(33)28-18-10-14-22-34(28)44/h7-22H,1-6H3. The fraction of sp³-hybridized carbons (Fsp3) is 0.200. The summed E-state index contributed by atoms with van der Waals surface area (Å²) in [7, 11) is 0. The molecule has 0 fully saturated rings. The molecule has 44 heavy (non-hydrogen) atoms. The van der Waals surface area contributed by atoms with Crippen molar-refractivity contribution in [1.29, 1.82) is 10.5 Å². The summed E-state index contributed by atoms with van der Waals surface area (Å²) in [4.78, 5) is 0. The van der Waals surface area contributed by atoms with E-state index < -0.39 is 10.8 Å². The van der Waals surface area contributed by atoms with Crippen LogP contribution >= 0.6 is 0 Å². The van der Waals surface area contributed by atoms with Gasteiger partial charge in [-0.25, -0.2) is 0 Å². The van der Waals surface area contributed by atoms with Gasteiger partial charge in [0.2, 0.25) is 0 Å². The second kappa shape index (κ2) is 9.60. The average molecular weight is 571 g/mol. The summed E-state index contributed by atoms with van der Waals surface area (Å²) in [6.07, 6.45) is 0. The number of nitriles is 2. The van der Waals surface area contributed by atoms with Crippen LogP contribution in [0.1, 0.15) is 63.8 Å². The second-order valence-electron chi connectivity index (χ2n) is 13.7. The summed E-state index contributed by atoms with van der Waals surface area (Å²) in [5, 5.41) is 26.7. The lowest BCUT2D eigenvalue weighted by Crippen LogP contribution is -2.26. The first-order chi connectivity index (χ1) is 21.1. The molecule has 0 radical (unpaired) electrons. The lowest BCUT2D eigenvalue weighted by molar-refractivity contribution is 0.569. The van der Waals surface area contributed by atoms with Crippen LogP contribution in [-0.4, -0.2) is 9.13 Å². The predicted molar refractivity (Wildman–Crippen MR) is 182 cm³/mol. The third-order valence-corrected chi connectivity index (χ3v) is 8.78. The van der Waals surface area contributed by atoms with Crippen LogP contribution < -0.4 is 0 Å². The molecule has 0 atom stereocenters. The minimum atomic E-state index is -0.492. The van der Waals surface area contributed by atoms with E-state index in [2.05, 4.69) is 160 Å². The molecule has 7 rings (SSSR count). The maximum atomic E-state index is 11.1. The molecule has 5 aromatic carbocycles. The monoisotopic (exact) mass is 570 g/mol. The van der Waals surface area contributed by atoms with Gasteiger partial charge in [-0.2, -0.15) is 10.5 Å². The van der Waals surface area contributed by atoms with Crippen molar-refractivity contribution in [3.05, 3.63) is 119 Å². The molecule has 0 saturated carbocycles. The first kappa shape index (κ1) is 27.5. The van der Waals surface area contributed by atoms with E-state index in [1.54, 1.807) is 0 Å². The normalized spacial score (nSPS) is 12.3. The first-order valence-electron chi connectivity index (χ1n) is 15.1. The van der Waals surface area contributed by atoms with E-state index in [4.69, 9.17) is 0 Å². The summed E-state index contributed by atoms with van der Waals surface area (Å²) >= 11 is 0. The second-order valence-corrected chi connectivity index (χ2v) is 13.7. The number of hydrogen-bond acceptors (Lipinski definition) is 2. The highest BCUT2D eigenvalue weighted by molar-refractivity contribution is 6.11. The van der Waals surface area contributed by atoms with Crippen molar-refractivity contribution in [2.75, 3.05) is 0 Å². The molecule has 0 aliphatic rings. The zero-order valence-electron chi connectivity index (χ0n) is 26.0. The zero-order valence-corrected chi connectivity index (χ0v) is 26.0. The topological polar surface area (TPSA) is 57.4 Å². The van der Waals surface area contributed by atoms with Crippen LogP contribution in [0.5, 0.6) is 0 Å². The maximum absolute atomic E-state index is 11.1. The maximum Gasteiger partial charge on any atom is 0.102 e. The van der Waals surface area contributed by atoms with Gasteiger partial charge < -0.3 is 9.13 Å². The van der Waals surface area contributed by atoms with E-state index in [-0.39, 0.29) is 0 Å². The molecule has 2 aromatic heterocycles. The zero-order chi connectivity index (χ0) is 31.0. The van der Waals surface area contributed by atoms with Crippen molar-refractivity contribution in [1.82, 2.24) is 9.13 Å². The molecule has 0 aliphatic carbocycles. The Kier molecular flexibility index (Phi) is 6.00. The van der Waals surface area contributed by atoms with Gasteiger partial charge in [0.15, 0.2) is 0 Å². The number of aromatic nitrogens is 2. The van der Waals surface area contributed by atoms with Gasteiger partial charge in [-0.1, -0.05) is 114 Å². The van der Waals surface area contributed by atoms with Gasteiger partial charge in [-0.05, 0) is 40.7 Å². The fourth-order valence-electron chi connectivity index (χ4n) is 7.18. The molecule has 0 aliphatic heterocycles. The van der Waals surface area contributed by atoms with Gasteiger partial charge in [0.25, 0.3) is 0 Å². The first-order valence-corrected chi connectivity index (χ1v) is 15.1. The molecule has 0 amide bonds. The average Bonchev–Trinajstić information content (AvgIpc) is 3.51. The summed E-state index contributed by atoms with van der Waals surface area (Å²) in [6.45, 7) is 12.9. The van der Waals surface area contributed by atoms with Crippen LogP contribution in [0.4, 0.5) is 0 Å². The Bertz CT molecular complexity index is 2110. The number of para-hydroxylation sites is 4. The van der Waals surface area contributed by atoms with Crippen molar-refractivity contribution < 1.29 is 0 Å². The van der Waals surface area contributed by atoms with Crippen LogP contribution in [-0.2, 0) is 10.8 Å². The number of hydrogen-bond donors (Lipinski definition) is 0. The largest absolute Gasteiger partial charge is 0.308 e. The molecule has 2 heterocycles. The van der Waals surface area contributed by atoms with Gasteiger partial charge in [-0.15, -0.1) is 0 Å². The Morgan fingerprint density at radius 2 is 0.705 bits per heavy atom. The van der Waals surface area contributed by atoms with Crippen molar-refractivity contribution >= 4 is 43.6 Å². The summed E-state index contributed by atoms with van der Waals surface area (Å²) in [5.41, 5.74) is 7.73. The molecular formula is C40H34N4. The van der Waals surface area contributed by atoms with Crippen molar-refractivity contribution in [3.8, 4) is 23.5 Å². The van der Waals surface area contributed by atoms with E-state index in [1.807, 2.05) is 0 Å².